The Morgan fingerprint density at radius 2 is 1.10 bits per heavy atom. The molecule has 0 saturated heterocycles. The summed E-state index contributed by atoms with van der Waals surface area (Å²) in [5.41, 5.74) is -13.8. The molecule has 0 aliphatic heterocycles. The van der Waals surface area contributed by atoms with Crippen molar-refractivity contribution in [2.75, 3.05) is 0 Å². The van der Waals surface area contributed by atoms with E-state index in [4.69, 9.17) is 15.8 Å². The van der Waals surface area contributed by atoms with Gasteiger partial charge >= 0.3 is 22.6 Å². The van der Waals surface area contributed by atoms with Crippen LogP contribution in [0.4, 0.5) is 50.2 Å². The summed E-state index contributed by atoms with van der Waals surface area (Å²) in [7, 11) is -11.2. The summed E-state index contributed by atoms with van der Waals surface area (Å²) in [6.45, 7) is 0. The molecule has 0 aliphatic rings. The fourth-order valence-corrected chi connectivity index (χ4v) is 4.16. The molecule has 0 spiro atoms. The molecule has 202 valence electrons. The maximum Gasteiger partial charge on any atom is 0.417 e. The van der Waals surface area contributed by atoms with Gasteiger partial charge in [0.05, 0.1) is 33.0 Å². The highest BCUT2D eigenvalue weighted by atomic mass is 32.5. The lowest BCUT2D eigenvalue weighted by Crippen LogP contribution is -2.30. The number of hydrogen-bond donors (Lipinski definition) is 0. The molecule has 0 fully saturated rings. The lowest BCUT2D eigenvalue weighted by molar-refractivity contribution is -0.143. The molecule has 5 nitrogen and oxygen atoms in total. The van der Waals surface area contributed by atoms with Crippen LogP contribution >= 0.6 is 10.2 Å². The zero-order valence-corrected chi connectivity index (χ0v) is 18.7. The predicted octanol–water partition coefficient (Wildman–Crippen LogP) is 6.18. The van der Waals surface area contributed by atoms with Crippen molar-refractivity contribution in [1.29, 1.82) is 26.3 Å². The maximum atomic E-state index is 15.1. The van der Waals surface area contributed by atoms with Crippen molar-refractivity contribution < 1.29 is 50.2 Å². The van der Waals surface area contributed by atoms with Crippen molar-refractivity contribution >= 4 is 21.4 Å². The van der Waals surface area contributed by atoms with Crippen LogP contribution in [-0.2, 0) is 12.4 Å². The number of halogens is 12. The third-order valence-electron chi connectivity index (χ3n) is 4.76. The van der Waals surface area contributed by atoms with Gasteiger partial charge in [-0.15, -0.1) is 0 Å². The van der Waals surface area contributed by atoms with Crippen LogP contribution in [0.5, 0.6) is 0 Å². The van der Waals surface area contributed by atoms with Crippen LogP contribution in [0.25, 0.3) is 11.1 Å². The van der Waals surface area contributed by atoms with Crippen LogP contribution in [0.1, 0.15) is 27.8 Å². The summed E-state index contributed by atoms with van der Waals surface area (Å²) in [4.78, 5) is -3.35. The second-order valence-corrected chi connectivity index (χ2v) is 9.58. The molecule has 0 unspecified atom stereocenters. The van der Waals surface area contributed by atoms with Gasteiger partial charge in [0.25, 0.3) is 0 Å². The predicted molar refractivity (Wildman–Crippen MR) is 106 cm³/mol. The molecule has 0 saturated carbocycles. The first-order valence-electron chi connectivity index (χ1n) is 9.15. The molecule has 0 N–H and O–H groups in total. The van der Waals surface area contributed by atoms with Gasteiger partial charge in [0.2, 0.25) is 0 Å². The van der Waals surface area contributed by atoms with Crippen LogP contribution < -0.4 is 10.4 Å². The van der Waals surface area contributed by atoms with E-state index in [1.807, 2.05) is 0 Å². The van der Waals surface area contributed by atoms with Crippen LogP contribution in [0.2, 0.25) is 0 Å². The lowest BCUT2D eigenvalue weighted by Gasteiger charge is -2.41. The van der Waals surface area contributed by atoms with Gasteiger partial charge in [-0.3, -0.25) is 0 Å². The number of rotatable bonds is 2. The fraction of sp³-hybridized carbons (Fsp3) is 0.0952. The van der Waals surface area contributed by atoms with Crippen molar-refractivity contribution in [3.8, 4) is 30.3 Å². The summed E-state index contributed by atoms with van der Waals surface area (Å²) >= 11 is 0. The Kier molecular flexibility index (Phi) is 6.69. The molecule has 39 heavy (non-hydrogen) atoms. The number of nitrogens with zero attached hydrogens (tertiary/aromatic N) is 5. The van der Waals surface area contributed by atoms with Crippen LogP contribution in [0.3, 0.4) is 0 Å². The van der Waals surface area contributed by atoms with Gasteiger partial charge in [-0.25, -0.2) is 4.39 Å². The van der Waals surface area contributed by atoms with E-state index in [2.05, 4.69) is 0 Å². The summed E-state index contributed by atoms with van der Waals surface area (Å²) in [6, 6.07) is 2.28. The standard InChI is InChI=1S/C21H3F12N5S/c22-19-13(7-37)11(3-17(39(29,30,31,32)33)18(19)10(4-34)5-35)12(6-36)9-1-15(20(23,24)25)14(8-38)16(2-9)21(26,27)28/h1-3H/b12-11-. The highest BCUT2D eigenvalue weighted by Gasteiger charge is 2.66. The van der Waals surface area contributed by atoms with E-state index in [1.54, 1.807) is 0 Å². The number of alkyl halides is 6. The summed E-state index contributed by atoms with van der Waals surface area (Å²) in [5, 5.41) is 41.0. The Hall–Kier alpha value is -4.86. The lowest BCUT2D eigenvalue weighted by atomic mass is 9.92. The molecule has 0 aromatic heterocycles. The number of hydrogen-bond acceptors (Lipinski definition) is 5. The van der Waals surface area contributed by atoms with Gasteiger partial charge in [-0.05, 0) is 23.8 Å². The van der Waals surface area contributed by atoms with Crippen molar-refractivity contribution in [3.63, 3.8) is 0 Å². The molecule has 0 heterocycles. The van der Waals surface area contributed by atoms with E-state index in [-0.39, 0.29) is 12.1 Å². The second kappa shape index (κ2) is 8.59. The zero-order valence-electron chi connectivity index (χ0n) is 17.9. The molecule has 0 bridgehead atoms. The molecular weight excluding hydrogens is 582 g/mol. The average Bonchev–Trinajstić information content (AvgIpc) is 2.78. The van der Waals surface area contributed by atoms with Gasteiger partial charge in [-0.1, -0.05) is 19.4 Å². The smallest absolute Gasteiger partial charge is 0.205 e. The number of nitriles is 5. The molecular formula is C21H3F12N5S. The molecule has 0 atom stereocenters. The molecule has 2 aromatic carbocycles. The van der Waals surface area contributed by atoms with Crippen LogP contribution in [-0.4, -0.2) is 0 Å². The number of benzene rings is 2. The van der Waals surface area contributed by atoms with Gasteiger partial charge in [-0.2, -0.15) is 52.7 Å². The average molecular weight is 585 g/mol. The first-order valence-corrected chi connectivity index (χ1v) is 11.1. The minimum absolute atomic E-state index is 0.319. The van der Waals surface area contributed by atoms with Crippen molar-refractivity contribution in [2.24, 2.45) is 0 Å². The zero-order chi connectivity index (χ0) is 30.4. The minimum Gasteiger partial charge on any atom is -0.205 e. The van der Waals surface area contributed by atoms with Gasteiger partial charge in [0.1, 0.15) is 40.8 Å². The first kappa shape index (κ1) is 30.4. The fourth-order valence-electron chi connectivity index (χ4n) is 3.24. The van der Waals surface area contributed by atoms with E-state index in [9.17, 15) is 56.3 Å². The third-order valence-corrected chi connectivity index (χ3v) is 5.92. The van der Waals surface area contributed by atoms with E-state index in [0.717, 1.165) is 12.1 Å². The van der Waals surface area contributed by atoms with E-state index in [1.165, 1.54) is 0 Å². The molecule has 2 aromatic rings. The normalized spacial score (nSPS) is 14.3. The molecule has 0 aliphatic carbocycles. The van der Waals surface area contributed by atoms with Crippen LogP contribution in [0.15, 0.2) is 23.1 Å². The van der Waals surface area contributed by atoms with E-state index < -0.39 is 88.8 Å². The van der Waals surface area contributed by atoms with Crippen molar-refractivity contribution in [1.82, 2.24) is 0 Å². The molecule has 0 radical (unpaired) electrons. The molecule has 0 amide bonds. The Morgan fingerprint density at radius 1 is 0.667 bits per heavy atom. The topological polar surface area (TPSA) is 119 Å². The maximum absolute atomic E-state index is 15.1. The SMILES string of the molecule is N#CC(C#N)=c1c(S(F)(F)(F)(F)F)c/c(=C(\C#N)c2cc(C(F)(F)F)c(C#N)c(C(F)(F)F)c2)c(C#N)c1F. The van der Waals surface area contributed by atoms with E-state index >= 15 is 4.39 Å². The Balaban J connectivity index is 3.51. The monoisotopic (exact) mass is 585 g/mol. The first-order chi connectivity index (χ1) is 17.5. The largest absolute Gasteiger partial charge is 0.417 e. The quantitative estimate of drug-likeness (QED) is 0.390. The third kappa shape index (κ3) is 5.69. The van der Waals surface area contributed by atoms with Gasteiger partial charge in [0, 0.05) is 5.22 Å². The second-order valence-electron chi connectivity index (χ2n) is 7.21. The van der Waals surface area contributed by atoms with Gasteiger partial charge < -0.3 is 0 Å². The highest BCUT2D eigenvalue weighted by Crippen LogP contribution is 3.01. The van der Waals surface area contributed by atoms with Crippen molar-refractivity contribution in [2.45, 2.75) is 17.2 Å². The van der Waals surface area contributed by atoms with Crippen LogP contribution in [0, 0.1) is 62.5 Å². The summed E-state index contributed by atoms with van der Waals surface area (Å²) in [5.74, 6) is -2.63. The van der Waals surface area contributed by atoms with Crippen molar-refractivity contribution in [3.05, 3.63) is 62.3 Å². The summed E-state index contributed by atoms with van der Waals surface area (Å²) in [6.07, 6.45) is -11.5. The Morgan fingerprint density at radius 3 is 1.41 bits per heavy atom. The molecule has 18 heteroatoms. The molecule has 2 rings (SSSR count). The minimum atomic E-state index is -11.2. The Labute approximate surface area is 208 Å². The Bertz CT molecular complexity index is 1720. The van der Waals surface area contributed by atoms with E-state index in [0.29, 0.717) is 18.2 Å². The summed E-state index contributed by atoms with van der Waals surface area (Å²) < 4.78 is 165. The van der Waals surface area contributed by atoms with Gasteiger partial charge in [0.15, 0.2) is 5.82 Å². The highest BCUT2D eigenvalue weighted by molar-refractivity contribution is 8.45.